The topological polar surface area (TPSA) is 54.5 Å². The van der Waals surface area contributed by atoms with Crippen LogP contribution in [0, 0.1) is 0 Å². The molecule has 6 heteroatoms. The second kappa shape index (κ2) is 8.72. The third kappa shape index (κ3) is 5.44. The van der Waals surface area contributed by atoms with Gasteiger partial charge in [0, 0.05) is 23.7 Å². The molecule has 3 rings (SSSR count). The summed E-state index contributed by atoms with van der Waals surface area (Å²) in [6.45, 7) is 0.482. The zero-order valence-corrected chi connectivity index (χ0v) is 16.5. The Balaban J connectivity index is 1.76. The van der Waals surface area contributed by atoms with Gasteiger partial charge in [0.2, 0.25) is 5.91 Å². The molecule has 2 aromatic carbocycles. The predicted octanol–water partition coefficient (Wildman–Crippen LogP) is 3.61. The molecule has 142 valence electrons. The first-order valence-electron chi connectivity index (χ1n) is 8.92. The zero-order chi connectivity index (χ0) is 19.3. The summed E-state index contributed by atoms with van der Waals surface area (Å²) in [7, 11) is -3.07. The highest BCUT2D eigenvalue weighted by molar-refractivity contribution is 7.91. The number of hydrogen-bond donors (Lipinski definition) is 0. The molecule has 1 aliphatic heterocycles. The van der Waals surface area contributed by atoms with Crippen molar-refractivity contribution >= 4 is 33.4 Å². The molecule has 1 heterocycles. The van der Waals surface area contributed by atoms with E-state index in [2.05, 4.69) is 0 Å². The van der Waals surface area contributed by atoms with Crippen LogP contribution in [0.25, 0.3) is 6.08 Å². The van der Waals surface area contributed by atoms with Crippen LogP contribution < -0.4 is 0 Å². The van der Waals surface area contributed by atoms with Crippen LogP contribution in [0.4, 0.5) is 0 Å². The van der Waals surface area contributed by atoms with E-state index >= 15 is 0 Å². The average molecular weight is 404 g/mol. The minimum absolute atomic E-state index is 0.0352. The van der Waals surface area contributed by atoms with Gasteiger partial charge >= 0.3 is 0 Å². The fraction of sp³-hybridized carbons (Fsp3) is 0.286. The number of carbonyl (C=O) groups excluding carboxylic acids is 1. The monoisotopic (exact) mass is 403 g/mol. The molecule has 0 radical (unpaired) electrons. The van der Waals surface area contributed by atoms with Crippen molar-refractivity contribution in [3.63, 3.8) is 0 Å². The molecule has 27 heavy (non-hydrogen) atoms. The number of halogens is 1. The largest absolute Gasteiger partial charge is 0.335 e. The van der Waals surface area contributed by atoms with E-state index in [1.165, 1.54) is 6.08 Å². The summed E-state index contributed by atoms with van der Waals surface area (Å²) >= 11 is 6.14. The maximum Gasteiger partial charge on any atom is 0.246 e. The van der Waals surface area contributed by atoms with Crippen LogP contribution in [-0.2, 0) is 21.1 Å². The lowest BCUT2D eigenvalue weighted by Crippen LogP contribution is -2.41. The molecule has 1 unspecified atom stereocenters. The van der Waals surface area contributed by atoms with Crippen LogP contribution >= 0.6 is 11.6 Å². The fourth-order valence-electron chi connectivity index (χ4n) is 3.26. The number of hydrogen-bond acceptors (Lipinski definition) is 3. The van der Waals surface area contributed by atoms with Gasteiger partial charge in [-0.25, -0.2) is 8.42 Å². The molecule has 1 amide bonds. The second-order valence-electron chi connectivity index (χ2n) is 6.68. The van der Waals surface area contributed by atoms with Gasteiger partial charge in [-0.3, -0.25) is 4.79 Å². The highest BCUT2D eigenvalue weighted by atomic mass is 35.5. The van der Waals surface area contributed by atoms with E-state index in [4.69, 9.17) is 11.6 Å². The molecule has 0 N–H and O–H groups in total. The molecule has 1 atom stereocenters. The van der Waals surface area contributed by atoms with Crippen LogP contribution in [0.3, 0.4) is 0 Å². The van der Waals surface area contributed by atoms with E-state index in [-0.39, 0.29) is 23.5 Å². The quantitative estimate of drug-likeness (QED) is 0.692. The van der Waals surface area contributed by atoms with Gasteiger partial charge in [0.25, 0.3) is 0 Å². The molecule has 1 fully saturated rings. The van der Waals surface area contributed by atoms with E-state index in [9.17, 15) is 13.2 Å². The van der Waals surface area contributed by atoms with Gasteiger partial charge in [0.1, 0.15) is 0 Å². The molecule has 1 saturated heterocycles. The number of benzene rings is 2. The van der Waals surface area contributed by atoms with Crippen LogP contribution in [-0.4, -0.2) is 43.3 Å². The lowest BCUT2D eigenvalue weighted by molar-refractivity contribution is -0.127. The van der Waals surface area contributed by atoms with Crippen LogP contribution in [0.5, 0.6) is 0 Å². The Morgan fingerprint density at radius 1 is 1.11 bits per heavy atom. The van der Waals surface area contributed by atoms with Crippen molar-refractivity contribution in [3.05, 3.63) is 76.8 Å². The van der Waals surface area contributed by atoms with Crippen molar-refractivity contribution < 1.29 is 13.2 Å². The average Bonchev–Trinajstić information content (AvgIpc) is 3.01. The van der Waals surface area contributed by atoms with Gasteiger partial charge in [-0.1, -0.05) is 60.1 Å². The molecule has 2 aromatic rings. The number of carbonyl (C=O) groups is 1. The van der Waals surface area contributed by atoms with E-state index < -0.39 is 9.84 Å². The molecular formula is C21H22ClNO3S. The maximum absolute atomic E-state index is 12.8. The van der Waals surface area contributed by atoms with Gasteiger partial charge in [-0.15, -0.1) is 0 Å². The Labute approximate surface area is 165 Å². The molecule has 0 spiro atoms. The summed E-state index contributed by atoms with van der Waals surface area (Å²) in [5.74, 6) is -0.0120. The molecule has 0 bridgehead atoms. The first kappa shape index (κ1) is 19.6. The van der Waals surface area contributed by atoms with Crippen molar-refractivity contribution in [3.8, 4) is 0 Å². The van der Waals surface area contributed by atoms with E-state index in [1.54, 1.807) is 17.0 Å². The van der Waals surface area contributed by atoms with Gasteiger partial charge < -0.3 is 4.90 Å². The Bertz CT molecular complexity index is 925. The second-order valence-corrected chi connectivity index (χ2v) is 9.31. The third-order valence-electron chi connectivity index (χ3n) is 4.73. The number of nitrogens with zero attached hydrogens (tertiary/aromatic N) is 1. The van der Waals surface area contributed by atoms with E-state index in [0.717, 1.165) is 11.1 Å². The van der Waals surface area contributed by atoms with Crippen LogP contribution in [0.2, 0.25) is 5.02 Å². The SMILES string of the molecule is O=C(C=Cc1ccccc1Cl)N(CCc1ccccc1)C1CCS(=O)(=O)C1. The molecule has 0 saturated carbocycles. The Morgan fingerprint density at radius 3 is 2.48 bits per heavy atom. The van der Waals surface area contributed by atoms with Crippen LogP contribution in [0.15, 0.2) is 60.7 Å². The predicted molar refractivity (Wildman–Crippen MR) is 109 cm³/mol. The lowest BCUT2D eigenvalue weighted by Gasteiger charge is -2.27. The number of amides is 1. The third-order valence-corrected chi connectivity index (χ3v) is 6.82. The van der Waals surface area contributed by atoms with Crippen molar-refractivity contribution in [1.29, 1.82) is 0 Å². The maximum atomic E-state index is 12.8. The molecule has 0 aromatic heterocycles. The standard InChI is InChI=1S/C21H22ClNO3S/c22-20-9-5-4-8-18(20)10-11-21(24)23(19-13-15-27(25,26)16-19)14-12-17-6-2-1-3-7-17/h1-11,19H,12-16H2. The van der Waals surface area contributed by atoms with E-state index in [0.29, 0.717) is 24.4 Å². The van der Waals surface area contributed by atoms with Crippen molar-refractivity contribution in [1.82, 2.24) is 4.90 Å². The number of rotatable bonds is 6. The summed E-state index contributed by atoms with van der Waals surface area (Å²) in [5, 5.41) is 0.570. The summed E-state index contributed by atoms with van der Waals surface area (Å²) in [4.78, 5) is 14.5. The highest BCUT2D eigenvalue weighted by Gasteiger charge is 2.33. The lowest BCUT2D eigenvalue weighted by atomic mass is 10.1. The summed E-state index contributed by atoms with van der Waals surface area (Å²) in [6, 6.07) is 16.9. The Morgan fingerprint density at radius 2 is 1.81 bits per heavy atom. The fourth-order valence-corrected chi connectivity index (χ4v) is 5.18. The van der Waals surface area contributed by atoms with E-state index in [1.807, 2.05) is 48.5 Å². The Hall–Kier alpha value is -2.11. The van der Waals surface area contributed by atoms with Gasteiger partial charge in [-0.2, -0.15) is 0 Å². The van der Waals surface area contributed by atoms with Crippen molar-refractivity contribution in [2.45, 2.75) is 18.9 Å². The normalized spacial score (nSPS) is 18.6. The summed E-state index contributed by atoms with van der Waals surface area (Å²) < 4.78 is 23.8. The molecule has 4 nitrogen and oxygen atoms in total. The first-order chi connectivity index (χ1) is 12.9. The van der Waals surface area contributed by atoms with Gasteiger partial charge in [0.15, 0.2) is 9.84 Å². The number of sulfone groups is 1. The smallest absolute Gasteiger partial charge is 0.246 e. The zero-order valence-electron chi connectivity index (χ0n) is 14.9. The van der Waals surface area contributed by atoms with Crippen molar-refractivity contribution in [2.24, 2.45) is 0 Å². The molecular weight excluding hydrogens is 382 g/mol. The molecule has 0 aliphatic carbocycles. The first-order valence-corrected chi connectivity index (χ1v) is 11.1. The van der Waals surface area contributed by atoms with Crippen LogP contribution in [0.1, 0.15) is 17.5 Å². The minimum Gasteiger partial charge on any atom is -0.335 e. The summed E-state index contributed by atoms with van der Waals surface area (Å²) in [5.41, 5.74) is 1.88. The minimum atomic E-state index is -3.07. The van der Waals surface area contributed by atoms with Gasteiger partial charge in [-0.05, 0) is 36.1 Å². The summed E-state index contributed by atoms with van der Waals surface area (Å²) in [6.07, 6.45) is 4.34. The molecule has 1 aliphatic rings. The van der Waals surface area contributed by atoms with Crippen molar-refractivity contribution in [2.75, 3.05) is 18.1 Å². The highest BCUT2D eigenvalue weighted by Crippen LogP contribution is 2.20. The Kier molecular flexibility index (Phi) is 6.34. The van der Waals surface area contributed by atoms with Gasteiger partial charge in [0.05, 0.1) is 11.5 Å².